The Morgan fingerprint density at radius 2 is 2.09 bits per heavy atom. The van der Waals surface area contributed by atoms with Gasteiger partial charge in [0.15, 0.2) is 5.69 Å². The van der Waals surface area contributed by atoms with Gasteiger partial charge in [-0.2, -0.15) is 11.2 Å². The molecular weight excluding hydrogens is 424 g/mol. The van der Waals surface area contributed by atoms with Crippen LogP contribution in [0.5, 0.6) is 0 Å². The van der Waals surface area contributed by atoms with Gasteiger partial charge in [-0.3, -0.25) is 0 Å². The maximum absolute atomic E-state index is 8.48. The molecule has 0 bridgehead atoms. The molecule has 0 unspecified atom stereocenters. The van der Waals surface area contributed by atoms with Gasteiger partial charge < -0.3 is 33.6 Å². The van der Waals surface area contributed by atoms with Crippen molar-refractivity contribution in [1.29, 1.82) is 0 Å². The van der Waals surface area contributed by atoms with E-state index in [0.717, 1.165) is 43.0 Å². The van der Waals surface area contributed by atoms with E-state index in [-0.39, 0.29) is 46.5 Å². The first-order valence-corrected chi connectivity index (χ1v) is 7.35. The summed E-state index contributed by atoms with van der Waals surface area (Å²) in [6.07, 6.45) is 2.26. The molecule has 6 N–H and O–H groups in total. The molecule has 0 heterocycles. The Morgan fingerprint density at radius 1 is 1.35 bits per heavy atom. The Balaban J connectivity index is 0.00000484. The van der Waals surface area contributed by atoms with E-state index in [2.05, 4.69) is 15.7 Å². The van der Waals surface area contributed by atoms with E-state index in [9.17, 15) is 0 Å². The van der Waals surface area contributed by atoms with Crippen LogP contribution >= 0.6 is 0 Å². The van der Waals surface area contributed by atoms with E-state index in [4.69, 9.17) is 22.7 Å². The zero-order valence-corrected chi connectivity index (χ0v) is 16.7. The van der Waals surface area contributed by atoms with Crippen LogP contribution in [0.25, 0.3) is 5.53 Å². The molecule has 0 saturated carbocycles. The summed E-state index contributed by atoms with van der Waals surface area (Å²) in [5.74, 6) is 0. The van der Waals surface area contributed by atoms with Crippen LogP contribution in [0.4, 0.5) is 17.1 Å². The molecule has 0 saturated heterocycles. The van der Waals surface area contributed by atoms with Crippen molar-refractivity contribution >= 4 is 17.1 Å². The van der Waals surface area contributed by atoms with Gasteiger partial charge in [-0.15, -0.1) is 0 Å². The monoisotopic (exact) mass is 447 g/mol. The zero-order chi connectivity index (χ0) is 16.2. The van der Waals surface area contributed by atoms with Crippen LogP contribution in [-0.4, -0.2) is 26.7 Å². The van der Waals surface area contributed by atoms with Crippen molar-refractivity contribution in [3.63, 3.8) is 0 Å². The topological polar surface area (TPSA) is 111 Å². The number of nitrogens with zero attached hydrogens (tertiary/aromatic N) is 2. The molecule has 126 valence electrons. The fourth-order valence-electron chi connectivity index (χ4n) is 1.94. The molecule has 0 aliphatic rings. The quantitative estimate of drug-likeness (QED) is 0.128. The second-order valence-corrected chi connectivity index (χ2v) is 4.85. The number of nitrogens with one attached hydrogen (secondary N) is 2. The first kappa shape index (κ1) is 22.4. The molecule has 0 fully saturated rings. The van der Waals surface area contributed by atoms with Gasteiger partial charge in [-0.25, -0.2) is 4.84 Å². The van der Waals surface area contributed by atoms with Crippen LogP contribution in [0.3, 0.4) is 0 Å². The Bertz CT molecular complexity index is 483. The maximum Gasteiger partial charge on any atom is 0.187 e. The third kappa shape index (κ3) is 9.31. The van der Waals surface area contributed by atoms with Crippen molar-refractivity contribution in [3.8, 4) is 0 Å². The van der Waals surface area contributed by atoms with Crippen LogP contribution in [0.2, 0.25) is 0 Å². The van der Waals surface area contributed by atoms with Gasteiger partial charge in [0.2, 0.25) is 0 Å². The summed E-state index contributed by atoms with van der Waals surface area (Å²) in [6, 6.07) is 6.02. The van der Waals surface area contributed by atoms with Gasteiger partial charge in [-0.1, -0.05) is 0 Å². The SMILES string of the molecule is [CH-]=C(CCCNc1ccc(NCCCN)c([NH2+]OC)c1)N=[N-].[Nd]. The van der Waals surface area contributed by atoms with E-state index in [1.807, 2.05) is 18.2 Å². The Hall–Kier alpha value is -0.609. The first-order chi connectivity index (χ1) is 10.7. The molecule has 8 heteroatoms. The van der Waals surface area contributed by atoms with Gasteiger partial charge in [-0.05, 0) is 37.9 Å². The number of nitrogens with two attached hydrogens (primary N) is 2. The third-order valence-electron chi connectivity index (χ3n) is 3.06. The van der Waals surface area contributed by atoms with E-state index in [1.165, 1.54) is 0 Å². The number of allylic oxidation sites excluding steroid dienone is 1. The molecule has 1 rings (SSSR count). The standard InChI is InChI=1S/C15H24N6O.Nd/c1-12(20-17)5-3-9-18-13-6-7-14(19-10-4-8-16)15(11-13)21-22-2;/h1,6-7,11,18-19,21H,3-5,8-10,16H2,2H3;/q-2;/p+1. The normalized spacial score (nSPS) is 9.83. The van der Waals surface area contributed by atoms with Crippen molar-refractivity contribution in [2.75, 3.05) is 37.4 Å². The summed E-state index contributed by atoms with van der Waals surface area (Å²) in [4.78, 5) is 5.12. The van der Waals surface area contributed by atoms with Crippen molar-refractivity contribution in [1.82, 2.24) is 0 Å². The van der Waals surface area contributed by atoms with Crippen LogP contribution in [0, 0.1) is 47.4 Å². The van der Waals surface area contributed by atoms with E-state index < -0.39 is 0 Å². The van der Waals surface area contributed by atoms with Crippen LogP contribution in [-0.2, 0) is 4.84 Å². The Morgan fingerprint density at radius 3 is 2.74 bits per heavy atom. The van der Waals surface area contributed by atoms with Gasteiger partial charge in [0.1, 0.15) is 0 Å². The maximum atomic E-state index is 8.48. The van der Waals surface area contributed by atoms with Gasteiger partial charge >= 0.3 is 0 Å². The van der Waals surface area contributed by atoms with Crippen molar-refractivity contribution < 1.29 is 51.2 Å². The molecule has 0 radical (unpaired) electrons. The smallest absolute Gasteiger partial charge is 0.187 e. The summed E-state index contributed by atoms with van der Waals surface area (Å²) in [7, 11) is 1.63. The van der Waals surface area contributed by atoms with Crippen LogP contribution in [0.1, 0.15) is 19.3 Å². The minimum atomic E-state index is 0. The number of rotatable bonds is 12. The number of hydrogen-bond donors (Lipinski definition) is 4. The van der Waals surface area contributed by atoms with E-state index in [0.29, 0.717) is 13.0 Å². The summed E-state index contributed by atoms with van der Waals surface area (Å²) >= 11 is 0. The summed E-state index contributed by atoms with van der Waals surface area (Å²) < 4.78 is 0. The first-order valence-electron chi connectivity index (χ1n) is 7.35. The Kier molecular flexibility index (Phi) is 13.4. The van der Waals surface area contributed by atoms with Crippen molar-refractivity contribution in [3.05, 3.63) is 36.0 Å². The molecular formula is C15H25N6NdO-. The molecule has 0 atom stereocenters. The molecule has 1 aromatic rings. The molecule has 0 amide bonds. The van der Waals surface area contributed by atoms with E-state index in [1.54, 1.807) is 12.6 Å². The molecule has 0 aromatic heterocycles. The molecule has 1 aromatic carbocycles. The number of anilines is 2. The predicted octanol–water partition coefficient (Wildman–Crippen LogP) is 1.73. The summed E-state index contributed by atoms with van der Waals surface area (Å²) in [6.45, 7) is 7.66. The second kappa shape index (κ2) is 13.8. The van der Waals surface area contributed by atoms with Crippen molar-refractivity contribution in [2.24, 2.45) is 10.8 Å². The fraction of sp³-hybridized carbons (Fsp3) is 0.467. The molecule has 23 heavy (non-hydrogen) atoms. The van der Waals surface area contributed by atoms with Crippen molar-refractivity contribution in [2.45, 2.75) is 19.3 Å². The largest absolute Gasteiger partial charge is 0.710 e. The summed E-state index contributed by atoms with van der Waals surface area (Å²) in [5.41, 5.74) is 18.9. The van der Waals surface area contributed by atoms with E-state index >= 15 is 0 Å². The average Bonchev–Trinajstić information content (AvgIpc) is 2.53. The second-order valence-electron chi connectivity index (χ2n) is 4.85. The number of quaternary nitrogens is 1. The summed E-state index contributed by atoms with van der Waals surface area (Å²) in [5, 5.41) is 9.59. The zero-order valence-electron chi connectivity index (χ0n) is 13.5. The number of hydrogen-bond acceptors (Lipinski definition) is 5. The predicted molar refractivity (Wildman–Crippen MR) is 88.5 cm³/mol. The van der Waals surface area contributed by atoms with Gasteiger partial charge in [0.05, 0.1) is 12.8 Å². The fourth-order valence-corrected chi connectivity index (χ4v) is 1.94. The van der Waals surface area contributed by atoms with Crippen LogP contribution < -0.4 is 21.8 Å². The molecule has 0 aliphatic heterocycles. The molecule has 0 aliphatic carbocycles. The van der Waals surface area contributed by atoms with Gasteiger partial charge in [0.25, 0.3) is 0 Å². The third-order valence-corrected chi connectivity index (χ3v) is 3.06. The minimum absolute atomic E-state index is 0. The molecule has 7 nitrogen and oxygen atoms in total. The average molecular weight is 450 g/mol. The van der Waals surface area contributed by atoms with Crippen LogP contribution in [0.15, 0.2) is 29.0 Å². The molecule has 0 spiro atoms. The van der Waals surface area contributed by atoms with Gasteiger partial charge in [0, 0.05) is 65.7 Å². The minimum Gasteiger partial charge on any atom is -0.710 e. The Labute approximate surface area is 170 Å². The number of benzene rings is 1.